The van der Waals surface area contributed by atoms with Gasteiger partial charge in [-0.25, -0.2) is 0 Å². The summed E-state index contributed by atoms with van der Waals surface area (Å²) >= 11 is 12.8. The number of rotatable bonds is 2. The van der Waals surface area contributed by atoms with Crippen molar-refractivity contribution in [3.63, 3.8) is 0 Å². The van der Waals surface area contributed by atoms with Crippen molar-refractivity contribution in [2.75, 3.05) is 0 Å². The lowest BCUT2D eigenvalue weighted by molar-refractivity contribution is 1.53. The van der Waals surface area contributed by atoms with Crippen molar-refractivity contribution >= 4 is 76.0 Å². The Balaban J connectivity index is 2.10. The molecule has 0 aliphatic rings. The predicted molar refractivity (Wildman–Crippen MR) is 113 cm³/mol. The molecule has 3 aromatic heterocycles. The molecule has 0 saturated carbocycles. The highest BCUT2D eigenvalue weighted by Gasteiger charge is 2.21. The molecule has 0 aliphatic carbocycles. The van der Waals surface area contributed by atoms with E-state index in [2.05, 4.69) is 82.1 Å². The number of hydrogen-bond acceptors (Lipinski definition) is 3. The molecule has 0 N–H and O–H groups in total. The molecule has 0 atom stereocenters. The zero-order valence-electron chi connectivity index (χ0n) is 12.4. The number of halogens is 2. The molecule has 5 heteroatoms. The Morgan fingerprint density at radius 3 is 1.96 bits per heavy atom. The molecule has 0 fully saturated rings. The van der Waals surface area contributed by atoms with Crippen LogP contribution in [0.1, 0.15) is 11.1 Å². The van der Waals surface area contributed by atoms with E-state index in [9.17, 15) is 0 Å². The van der Waals surface area contributed by atoms with E-state index < -0.39 is 0 Å². The van der Waals surface area contributed by atoms with Gasteiger partial charge in [0.2, 0.25) is 0 Å². The van der Waals surface area contributed by atoms with Crippen molar-refractivity contribution in [3.05, 3.63) is 55.1 Å². The minimum atomic E-state index is 1.19. The first-order valence-electron chi connectivity index (χ1n) is 7.08. The summed E-state index contributed by atoms with van der Waals surface area (Å²) in [7, 11) is 0. The van der Waals surface area contributed by atoms with Gasteiger partial charge in [0.1, 0.15) is 0 Å². The average molecular weight is 484 g/mol. The van der Waals surface area contributed by atoms with E-state index in [-0.39, 0.29) is 0 Å². The molecule has 116 valence electrons. The molecule has 4 aromatic rings. The Bertz CT molecular complexity index is 1020. The third kappa shape index (κ3) is 2.76. The summed E-state index contributed by atoms with van der Waals surface area (Å²) < 4.78 is 3.73. The maximum atomic E-state index is 3.65. The van der Waals surface area contributed by atoms with Crippen LogP contribution in [0.2, 0.25) is 0 Å². The summed E-state index contributed by atoms with van der Waals surface area (Å²) in [6, 6.07) is 13.2. The minimum Gasteiger partial charge on any atom is -0.134 e. The molecular formula is C18H12Br2S3. The first kappa shape index (κ1) is 16.0. The molecule has 0 amide bonds. The Morgan fingerprint density at radius 2 is 1.35 bits per heavy atom. The van der Waals surface area contributed by atoms with Crippen molar-refractivity contribution in [1.29, 1.82) is 0 Å². The van der Waals surface area contributed by atoms with Crippen LogP contribution in [0, 0.1) is 13.8 Å². The molecule has 0 saturated heterocycles. The quantitative estimate of drug-likeness (QED) is 0.268. The van der Waals surface area contributed by atoms with Crippen molar-refractivity contribution in [2.45, 2.75) is 13.8 Å². The fourth-order valence-corrected chi connectivity index (χ4v) is 7.79. The highest BCUT2D eigenvalue weighted by atomic mass is 79.9. The number of benzene rings is 1. The average Bonchev–Trinajstić information content (AvgIpc) is 3.13. The van der Waals surface area contributed by atoms with E-state index in [0.717, 1.165) is 0 Å². The van der Waals surface area contributed by atoms with Gasteiger partial charge in [-0.2, -0.15) is 0 Å². The molecule has 23 heavy (non-hydrogen) atoms. The van der Waals surface area contributed by atoms with E-state index in [1.807, 2.05) is 34.0 Å². The van der Waals surface area contributed by atoms with Crippen LogP contribution < -0.4 is 0 Å². The topological polar surface area (TPSA) is 0 Å². The molecule has 0 aliphatic heterocycles. The summed E-state index contributed by atoms with van der Waals surface area (Å²) in [5.74, 6) is 0. The smallest absolute Gasteiger partial charge is 0.0708 e. The molecule has 0 unspecified atom stereocenters. The highest BCUT2D eigenvalue weighted by molar-refractivity contribution is 9.11. The van der Waals surface area contributed by atoms with E-state index >= 15 is 0 Å². The van der Waals surface area contributed by atoms with Crippen LogP contribution in [-0.4, -0.2) is 0 Å². The summed E-state index contributed by atoms with van der Waals surface area (Å²) in [5, 5.41) is 1.36. The molecule has 1 aromatic carbocycles. The van der Waals surface area contributed by atoms with Gasteiger partial charge in [-0.05, 0) is 75.0 Å². The van der Waals surface area contributed by atoms with Gasteiger partial charge < -0.3 is 0 Å². The Labute approximate surface area is 164 Å². The van der Waals surface area contributed by atoms with E-state index in [1.54, 1.807) is 0 Å². The SMILES string of the molecule is Cc1cc(Br)sc1-c1sc2ccccc2c1-c1sc(Br)cc1C. The van der Waals surface area contributed by atoms with Gasteiger partial charge in [-0.15, -0.1) is 34.0 Å². The molecular weight excluding hydrogens is 472 g/mol. The fourth-order valence-electron chi connectivity index (χ4n) is 2.79. The molecule has 4 rings (SSSR count). The largest absolute Gasteiger partial charge is 0.134 e. The summed E-state index contributed by atoms with van der Waals surface area (Å²) in [6.45, 7) is 4.39. The van der Waals surface area contributed by atoms with Crippen LogP contribution in [0.5, 0.6) is 0 Å². The second-order valence-corrected chi connectivity index (χ2v) is 11.3. The first-order valence-corrected chi connectivity index (χ1v) is 11.1. The summed E-state index contributed by atoms with van der Waals surface area (Å²) in [4.78, 5) is 4.13. The normalized spacial score (nSPS) is 11.5. The maximum Gasteiger partial charge on any atom is 0.0708 e. The zero-order chi connectivity index (χ0) is 16.1. The van der Waals surface area contributed by atoms with Crippen molar-refractivity contribution < 1.29 is 0 Å². The van der Waals surface area contributed by atoms with Gasteiger partial charge in [-0.3, -0.25) is 0 Å². The molecule has 0 radical (unpaired) electrons. The van der Waals surface area contributed by atoms with Crippen molar-refractivity contribution in [2.24, 2.45) is 0 Å². The minimum absolute atomic E-state index is 1.19. The zero-order valence-corrected chi connectivity index (χ0v) is 18.1. The Hall–Kier alpha value is -0.460. The lowest BCUT2D eigenvalue weighted by Crippen LogP contribution is -1.79. The lowest BCUT2D eigenvalue weighted by Gasteiger charge is -2.04. The van der Waals surface area contributed by atoms with Crippen LogP contribution >= 0.6 is 65.9 Å². The summed E-state index contributed by atoms with van der Waals surface area (Å²) in [6.07, 6.45) is 0. The third-order valence-electron chi connectivity index (χ3n) is 3.80. The monoisotopic (exact) mass is 482 g/mol. The molecule has 3 heterocycles. The van der Waals surface area contributed by atoms with Crippen molar-refractivity contribution in [1.82, 2.24) is 0 Å². The van der Waals surface area contributed by atoms with Gasteiger partial charge in [0, 0.05) is 25.4 Å². The van der Waals surface area contributed by atoms with Crippen LogP contribution in [0.4, 0.5) is 0 Å². The number of fused-ring (bicyclic) bond motifs is 1. The van der Waals surface area contributed by atoms with Gasteiger partial charge >= 0.3 is 0 Å². The third-order valence-corrected chi connectivity index (χ3v) is 8.64. The van der Waals surface area contributed by atoms with Crippen molar-refractivity contribution in [3.8, 4) is 20.2 Å². The second-order valence-electron chi connectivity index (χ2n) is 5.43. The highest BCUT2D eigenvalue weighted by Crippen LogP contribution is 2.51. The predicted octanol–water partition coefficient (Wildman–Crippen LogP) is 8.50. The molecule has 0 bridgehead atoms. The van der Waals surface area contributed by atoms with Gasteiger partial charge in [0.15, 0.2) is 0 Å². The van der Waals surface area contributed by atoms with Gasteiger partial charge in [0.25, 0.3) is 0 Å². The second kappa shape index (κ2) is 6.12. The number of aryl methyl sites for hydroxylation is 2. The van der Waals surface area contributed by atoms with Crippen LogP contribution in [0.3, 0.4) is 0 Å². The number of thiophene rings is 3. The Kier molecular flexibility index (Phi) is 4.26. The standard InChI is InChI=1S/C18H12Br2S3/c1-9-7-13(19)22-16(9)15-11-5-3-4-6-12(11)21-18(15)17-10(2)8-14(20)23-17/h3-8H,1-2H3. The maximum absolute atomic E-state index is 3.65. The van der Waals surface area contributed by atoms with Crippen LogP contribution in [0.25, 0.3) is 30.3 Å². The first-order chi connectivity index (χ1) is 11.0. The Morgan fingerprint density at radius 1 is 0.739 bits per heavy atom. The van der Waals surface area contributed by atoms with Crippen LogP contribution in [0.15, 0.2) is 44.0 Å². The van der Waals surface area contributed by atoms with Gasteiger partial charge in [-0.1, -0.05) is 18.2 Å². The van der Waals surface area contributed by atoms with E-state index in [0.29, 0.717) is 0 Å². The molecule has 0 nitrogen and oxygen atoms in total. The number of hydrogen-bond donors (Lipinski definition) is 0. The van der Waals surface area contributed by atoms with E-state index in [1.165, 1.54) is 49.0 Å². The molecule has 0 spiro atoms. The van der Waals surface area contributed by atoms with Gasteiger partial charge in [0.05, 0.1) is 12.4 Å². The van der Waals surface area contributed by atoms with E-state index in [4.69, 9.17) is 0 Å². The van der Waals surface area contributed by atoms with Crippen LogP contribution in [-0.2, 0) is 0 Å². The lowest BCUT2D eigenvalue weighted by atomic mass is 10.0. The fraction of sp³-hybridized carbons (Fsp3) is 0.111. The summed E-state index contributed by atoms with van der Waals surface area (Å²) in [5.41, 5.74) is 4.05.